The third-order valence-corrected chi connectivity index (χ3v) is 7.37. The first-order valence-electron chi connectivity index (χ1n) is 11.6. The van der Waals surface area contributed by atoms with Crippen molar-refractivity contribution in [3.05, 3.63) is 0 Å². The Morgan fingerprint density at radius 1 is 1.21 bits per heavy atom. The molecule has 0 unspecified atom stereocenters. The first-order valence-corrected chi connectivity index (χ1v) is 11.6. The summed E-state index contributed by atoms with van der Waals surface area (Å²) in [4.78, 5) is 51.3. The van der Waals surface area contributed by atoms with Gasteiger partial charge in [0.1, 0.15) is 12.1 Å². The molecular weight excluding hydrogens is 455 g/mol. The summed E-state index contributed by atoms with van der Waals surface area (Å²) >= 11 is 0. The Kier molecular flexibility index (Phi) is 6.95. The second-order valence-electron chi connectivity index (χ2n) is 11.2. The highest BCUT2D eigenvalue weighted by Gasteiger charge is 2.69. The second-order valence-corrected chi connectivity index (χ2v) is 11.2. The van der Waals surface area contributed by atoms with Crippen LogP contribution < -0.4 is 21.5 Å². The van der Waals surface area contributed by atoms with Gasteiger partial charge in [-0.15, -0.1) is 0 Å². The highest BCUT2D eigenvalue weighted by molar-refractivity contribution is 5.94. The lowest BCUT2D eigenvalue weighted by Crippen LogP contribution is -2.61. The number of rotatable bonds is 6. The smallest absolute Gasteiger partial charge is 0.356 e. The number of halogens is 3. The zero-order valence-corrected chi connectivity index (χ0v) is 20.1. The van der Waals surface area contributed by atoms with E-state index in [2.05, 4.69) is 16.2 Å². The monoisotopic (exact) mass is 489 g/mol. The largest absolute Gasteiger partial charge is 0.471 e. The zero-order chi connectivity index (χ0) is 25.6. The summed E-state index contributed by atoms with van der Waals surface area (Å²) in [5.74, 6) is -3.92. The van der Waals surface area contributed by atoms with E-state index in [1.54, 1.807) is 20.8 Å². The summed E-state index contributed by atoms with van der Waals surface area (Å²) in [7, 11) is 0. The van der Waals surface area contributed by atoms with Crippen molar-refractivity contribution in [1.29, 1.82) is 0 Å². The van der Waals surface area contributed by atoms with Gasteiger partial charge in [-0.2, -0.15) is 13.2 Å². The quantitative estimate of drug-likeness (QED) is 0.410. The molecule has 3 rings (SSSR count). The van der Waals surface area contributed by atoms with Crippen LogP contribution >= 0.6 is 0 Å². The van der Waals surface area contributed by atoms with Gasteiger partial charge in [-0.1, -0.05) is 34.6 Å². The summed E-state index contributed by atoms with van der Waals surface area (Å²) < 4.78 is 38.7. The average molecular weight is 490 g/mol. The van der Waals surface area contributed by atoms with Crippen LogP contribution in [0.4, 0.5) is 13.2 Å². The first-order chi connectivity index (χ1) is 15.6. The number of hydrazine groups is 1. The molecule has 3 aliphatic rings. The molecular formula is C22H34F3N5O4. The Morgan fingerprint density at radius 3 is 2.41 bits per heavy atom. The fraction of sp³-hybridized carbons (Fsp3) is 0.818. The molecule has 5 atom stereocenters. The van der Waals surface area contributed by atoms with E-state index < -0.39 is 41.4 Å². The van der Waals surface area contributed by atoms with Crippen LogP contribution in [0.25, 0.3) is 0 Å². The predicted octanol–water partition coefficient (Wildman–Crippen LogP) is 0.710. The number of piperidine rings is 2. The molecule has 2 heterocycles. The maximum atomic E-state index is 13.4. The van der Waals surface area contributed by atoms with E-state index in [1.165, 1.54) is 4.90 Å². The van der Waals surface area contributed by atoms with Crippen LogP contribution in [0.15, 0.2) is 0 Å². The third kappa shape index (κ3) is 5.16. The molecule has 4 N–H and O–H groups in total. The minimum Gasteiger partial charge on any atom is -0.356 e. The molecule has 3 fully saturated rings. The number of fused-ring (bicyclic) bond motifs is 1. The van der Waals surface area contributed by atoms with Gasteiger partial charge in [0, 0.05) is 19.6 Å². The van der Waals surface area contributed by atoms with Crippen molar-refractivity contribution in [2.45, 2.75) is 65.7 Å². The standard InChI is InChI=1S/C22H34F3N5O4/c1-20(2,3)15(28-19(34)22(23,24)25)18(33)30-10-12-13(21(12,4)5)14(30)17(32)29-27-9-11-7-6-8-26-16(11)31/h11-15,27H,6-10H2,1-5H3,(H,26,31)(H,28,34)(H,29,32)/t11-,12-,13-,14-,15+/m0/s1. The predicted molar refractivity (Wildman–Crippen MR) is 116 cm³/mol. The van der Waals surface area contributed by atoms with E-state index in [4.69, 9.17) is 0 Å². The van der Waals surface area contributed by atoms with Gasteiger partial charge in [-0.3, -0.25) is 24.6 Å². The summed E-state index contributed by atoms with van der Waals surface area (Å²) in [5.41, 5.74) is 4.15. The molecule has 34 heavy (non-hydrogen) atoms. The summed E-state index contributed by atoms with van der Waals surface area (Å²) in [6.07, 6.45) is -3.61. The van der Waals surface area contributed by atoms with Gasteiger partial charge in [-0.25, -0.2) is 5.43 Å². The van der Waals surface area contributed by atoms with Crippen molar-refractivity contribution in [2.24, 2.45) is 28.6 Å². The highest BCUT2D eigenvalue weighted by Crippen LogP contribution is 2.65. The molecule has 0 spiro atoms. The molecule has 0 radical (unpaired) electrons. The number of nitrogens with zero attached hydrogens (tertiary/aromatic N) is 1. The van der Waals surface area contributed by atoms with Gasteiger partial charge in [-0.05, 0) is 35.5 Å². The summed E-state index contributed by atoms with van der Waals surface area (Å²) in [6, 6.07) is -2.36. The maximum absolute atomic E-state index is 13.4. The number of carbonyl (C=O) groups excluding carboxylic acids is 4. The summed E-state index contributed by atoms with van der Waals surface area (Å²) in [5, 5.41) is 4.59. The molecule has 0 aromatic carbocycles. The van der Waals surface area contributed by atoms with Crippen molar-refractivity contribution in [3.63, 3.8) is 0 Å². The fourth-order valence-electron chi connectivity index (χ4n) is 5.21. The van der Waals surface area contributed by atoms with E-state index in [1.807, 2.05) is 19.2 Å². The van der Waals surface area contributed by atoms with E-state index in [0.717, 1.165) is 6.42 Å². The molecule has 2 saturated heterocycles. The first kappa shape index (κ1) is 26.2. The van der Waals surface area contributed by atoms with Gasteiger partial charge in [0.2, 0.25) is 11.8 Å². The van der Waals surface area contributed by atoms with Crippen LogP contribution in [-0.2, 0) is 19.2 Å². The molecule has 1 aliphatic carbocycles. The van der Waals surface area contributed by atoms with Crippen LogP contribution in [0.1, 0.15) is 47.5 Å². The topological polar surface area (TPSA) is 120 Å². The minimum absolute atomic E-state index is 0.0234. The lowest BCUT2D eigenvalue weighted by molar-refractivity contribution is -0.176. The Labute approximate surface area is 196 Å². The number of hydrogen-bond donors (Lipinski definition) is 4. The Hall–Kier alpha value is -2.37. The van der Waals surface area contributed by atoms with Crippen molar-refractivity contribution in [3.8, 4) is 0 Å². The lowest BCUT2D eigenvalue weighted by Gasteiger charge is -2.37. The van der Waals surface area contributed by atoms with Gasteiger partial charge in [0.05, 0.1) is 5.92 Å². The van der Waals surface area contributed by atoms with E-state index >= 15 is 0 Å². The summed E-state index contributed by atoms with van der Waals surface area (Å²) in [6.45, 7) is 9.69. The van der Waals surface area contributed by atoms with Crippen LogP contribution in [0, 0.1) is 28.6 Å². The molecule has 1 saturated carbocycles. The highest BCUT2D eigenvalue weighted by atomic mass is 19.4. The molecule has 0 aromatic rings. The minimum atomic E-state index is -5.13. The van der Waals surface area contributed by atoms with E-state index in [-0.39, 0.29) is 42.2 Å². The Balaban J connectivity index is 1.72. The van der Waals surface area contributed by atoms with Gasteiger partial charge < -0.3 is 15.5 Å². The van der Waals surface area contributed by atoms with Crippen LogP contribution in [-0.4, -0.2) is 66.4 Å². The van der Waals surface area contributed by atoms with E-state index in [0.29, 0.717) is 13.0 Å². The number of amides is 4. The average Bonchev–Trinajstić information content (AvgIpc) is 3.06. The van der Waals surface area contributed by atoms with Crippen LogP contribution in [0.5, 0.6) is 0 Å². The maximum Gasteiger partial charge on any atom is 0.471 e. The second kappa shape index (κ2) is 9.01. The van der Waals surface area contributed by atoms with Crippen molar-refractivity contribution >= 4 is 23.6 Å². The number of hydrogen-bond acceptors (Lipinski definition) is 5. The molecule has 2 aliphatic heterocycles. The Bertz CT molecular complexity index is 854. The van der Waals surface area contributed by atoms with Crippen LogP contribution in [0.2, 0.25) is 0 Å². The molecule has 9 nitrogen and oxygen atoms in total. The molecule has 192 valence electrons. The lowest BCUT2D eigenvalue weighted by atomic mass is 9.85. The van der Waals surface area contributed by atoms with Gasteiger partial charge >= 0.3 is 12.1 Å². The molecule has 12 heteroatoms. The number of alkyl halides is 3. The fourth-order valence-corrected chi connectivity index (χ4v) is 5.21. The van der Waals surface area contributed by atoms with Crippen molar-refractivity contribution < 1.29 is 32.3 Å². The molecule has 0 bridgehead atoms. The molecule has 4 amide bonds. The molecule has 0 aromatic heterocycles. The van der Waals surface area contributed by atoms with Gasteiger partial charge in [0.25, 0.3) is 5.91 Å². The third-order valence-electron chi connectivity index (χ3n) is 7.37. The normalized spacial score (nSPS) is 29.1. The number of likely N-dealkylation sites (tertiary alicyclic amines) is 1. The van der Waals surface area contributed by atoms with Crippen molar-refractivity contribution in [2.75, 3.05) is 19.6 Å². The number of nitrogens with one attached hydrogen (secondary N) is 4. The SMILES string of the molecule is CC(C)(C)[C@H](NC(=O)C(F)(F)F)C(=O)N1C[C@H]2[C@@H]([C@H]1C(=O)NNC[C@@H]1CCCNC1=O)C2(C)C. The van der Waals surface area contributed by atoms with Gasteiger partial charge in [0.15, 0.2) is 0 Å². The van der Waals surface area contributed by atoms with E-state index in [9.17, 15) is 32.3 Å². The van der Waals surface area contributed by atoms with Crippen LogP contribution in [0.3, 0.4) is 0 Å². The zero-order valence-electron chi connectivity index (χ0n) is 20.1. The number of carbonyl (C=O) groups is 4. The van der Waals surface area contributed by atoms with Crippen molar-refractivity contribution in [1.82, 2.24) is 26.4 Å². The Morgan fingerprint density at radius 2 is 1.85 bits per heavy atom.